The molecular formula is C23H29ClN4O2. The van der Waals surface area contributed by atoms with E-state index >= 15 is 0 Å². The van der Waals surface area contributed by atoms with Crippen molar-refractivity contribution in [3.63, 3.8) is 0 Å². The van der Waals surface area contributed by atoms with E-state index in [2.05, 4.69) is 33.6 Å². The molecule has 0 spiro atoms. The molecule has 1 aromatic carbocycles. The summed E-state index contributed by atoms with van der Waals surface area (Å²) in [5, 5.41) is 10.2. The van der Waals surface area contributed by atoms with E-state index in [-0.39, 0.29) is 0 Å². The fraction of sp³-hybridized carbons (Fsp3) is 0.478. The maximum atomic E-state index is 11.5. The lowest BCUT2D eigenvalue weighted by molar-refractivity contribution is -0.148. The zero-order chi connectivity index (χ0) is 21.5. The van der Waals surface area contributed by atoms with E-state index in [0.29, 0.717) is 6.54 Å². The zero-order valence-electron chi connectivity index (χ0n) is 17.9. The Kier molecular flexibility index (Phi) is 5.64. The number of carboxylic acid groups (broad SMARTS) is 1. The van der Waals surface area contributed by atoms with Crippen molar-refractivity contribution in [2.75, 3.05) is 32.7 Å². The largest absolute Gasteiger partial charge is 0.481 e. The molecule has 0 atom stereocenters. The van der Waals surface area contributed by atoms with Gasteiger partial charge in [-0.1, -0.05) is 18.5 Å². The summed E-state index contributed by atoms with van der Waals surface area (Å²) >= 11 is 6.25. The third kappa shape index (κ3) is 4.12. The number of aryl methyl sites for hydroxylation is 1. The highest BCUT2D eigenvalue weighted by atomic mass is 35.5. The van der Waals surface area contributed by atoms with Crippen LogP contribution in [0.5, 0.6) is 0 Å². The number of amidine groups is 1. The average Bonchev–Trinajstić information content (AvgIpc) is 3.04. The Morgan fingerprint density at radius 2 is 1.93 bits per heavy atom. The second-order valence-corrected chi connectivity index (χ2v) is 9.31. The van der Waals surface area contributed by atoms with Crippen LogP contribution in [-0.4, -0.2) is 64.0 Å². The molecule has 0 unspecified atom stereocenters. The predicted octanol–water partition coefficient (Wildman–Crippen LogP) is 3.87. The van der Waals surface area contributed by atoms with Gasteiger partial charge in [0, 0.05) is 50.5 Å². The third-order valence-electron chi connectivity index (χ3n) is 6.07. The maximum absolute atomic E-state index is 11.5. The molecular weight excluding hydrogens is 400 g/mol. The van der Waals surface area contributed by atoms with Gasteiger partial charge < -0.3 is 14.6 Å². The fourth-order valence-corrected chi connectivity index (χ4v) is 4.40. The van der Waals surface area contributed by atoms with Gasteiger partial charge in [-0.15, -0.1) is 0 Å². The summed E-state index contributed by atoms with van der Waals surface area (Å²) in [6.45, 7) is 10.4. The van der Waals surface area contributed by atoms with Crippen LogP contribution in [0.3, 0.4) is 0 Å². The summed E-state index contributed by atoms with van der Waals surface area (Å²) in [7, 11) is 0. The number of carboxylic acids is 1. The number of nitrogens with zero attached hydrogens (tertiary/aromatic N) is 4. The topological polar surface area (TPSA) is 61.1 Å². The van der Waals surface area contributed by atoms with Crippen LogP contribution in [0.2, 0.25) is 5.02 Å². The number of rotatable bonds is 4. The highest BCUT2D eigenvalue weighted by Crippen LogP contribution is 2.30. The number of hydrogen-bond donors (Lipinski definition) is 1. The number of halogens is 1. The first-order valence-electron chi connectivity index (χ1n) is 10.5. The monoisotopic (exact) mass is 428 g/mol. The molecule has 0 saturated carbocycles. The van der Waals surface area contributed by atoms with Gasteiger partial charge in [0.25, 0.3) is 0 Å². The first-order chi connectivity index (χ1) is 14.3. The molecule has 2 aliphatic heterocycles. The van der Waals surface area contributed by atoms with Crippen LogP contribution in [0.25, 0.3) is 0 Å². The van der Waals surface area contributed by atoms with Gasteiger partial charge >= 0.3 is 5.97 Å². The predicted molar refractivity (Wildman–Crippen MR) is 120 cm³/mol. The fourth-order valence-electron chi connectivity index (χ4n) is 4.20. The molecule has 30 heavy (non-hydrogen) atoms. The molecule has 7 heteroatoms. The van der Waals surface area contributed by atoms with Crippen LogP contribution in [0, 0.1) is 5.41 Å². The van der Waals surface area contributed by atoms with Crippen LogP contribution >= 0.6 is 11.6 Å². The van der Waals surface area contributed by atoms with Crippen LogP contribution in [0.15, 0.2) is 35.5 Å². The number of aromatic nitrogens is 1. The summed E-state index contributed by atoms with van der Waals surface area (Å²) < 4.78 is 2.28. The number of piperazine rings is 1. The van der Waals surface area contributed by atoms with E-state index in [9.17, 15) is 9.90 Å². The molecule has 4 rings (SSSR count). The van der Waals surface area contributed by atoms with Gasteiger partial charge in [-0.05, 0) is 55.7 Å². The second-order valence-electron chi connectivity index (χ2n) is 8.88. The number of carbonyl (C=O) groups is 1. The van der Waals surface area contributed by atoms with E-state index in [1.165, 1.54) is 5.56 Å². The average molecular weight is 429 g/mol. The molecule has 1 N–H and O–H groups in total. The lowest BCUT2D eigenvalue weighted by Gasteiger charge is -2.38. The maximum Gasteiger partial charge on any atom is 0.310 e. The van der Waals surface area contributed by atoms with Crippen LogP contribution in [0.4, 0.5) is 5.69 Å². The van der Waals surface area contributed by atoms with Gasteiger partial charge in [0.05, 0.1) is 16.8 Å². The van der Waals surface area contributed by atoms with Crippen LogP contribution in [-0.2, 0) is 17.8 Å². The Morgan fingerprint density at radius 1 is 1.20 bits per heavy atom. The Labute approximate surface area is 182 Å². The van der Waals surface area contributed by atoms with Gasteiger partial charge in [-0.3, -0.25) is 9.69 Å². The highest BCUT2D eigenvalue weighted by Gasteiger charge is 2.32. The van der Waals surface area contributed by atoms with Crippen molar-refractivity contribution in [2.24, 2.45) is 10.4 Å². The Bertz CT molecular complexity index is 987. The highest BCUT2D eigenvalue weighted by molar-refractivity contribution is 6.30. The van der Waals surface area contributed by atoms with Crippen molar-refractivity contribution >= 4 is 29.1 Å². The quantitative estimate of drug-likeness (QED) is 0.802. The number of hydrogen-bond acceptors (Lipinski definition) is 4. The summed E-state index contributed by atoms with van der Waals surface area (Å²) in [5.41, 5.74) is 3.78. The van der Waals surface area contributed by atoms with E-state index in [0.717, 1.165) is 66.9 Å². The van der Waals surface area contributed by atoms with E-state index < -0.39 is 11.4 Å². The zero-order valence-corrected chi connectivity index (χ0v) is 18.6. The SMILES string of the molecule is CCc1cc2n(c1)Cc1cc(Cl)ccc1N=C2N1CCN(CC(C)(C)C(=O)O)CC1. The van der Waals surface area contributed by atoms with Gasteiger partial charge in [0.2, 0.25) is 0 Å². The molecule has 0 bridgehead atoms. The molecule has 1 aromatic heterocycles. The van der Waals surface area contributed by atoms with Crippen molar-refractivity contribution in [3.8, 4) is 0 Å². The number of benzene rings is 1. The smallest absolute Gasteiger partial charge is 0.310 e. The first-order valence-corrected chi connectivity index (χ1v) is 10.9. The van der Waals surface area contributed by atoms with Gasteiger partial charge in [-0.2, -0.15) is 0 Å². The van der Waals surface area contributed by atoms with E-state index in [1.807, 2.05) is 18.2 Å². The van der Waals surface area contributed by atoms with Gasteiger partial charge in [-0.25, -0.2) is 4.99 Å². The van der Waals surface area contributed by atoms with Crippen molar-refractivity contribution < 1.29 is 9.90 Å². The minimum absolute atomic E-state index is 0.556. The molecule has 0 aliphatic carbocycles. The number of fused-ring (bicyclic) bond motifs is 2. The number of aliphatic imine (C=N–C) groups is 1. The van der Waals surface area contributed by atoms with Crippen molar-refractivity contribution in [2.45, 2.75) is 33.7 Å². The van der Waals surface area contributed by atoms with Gasteiger partial charge in [0.15, 0.2) is 5.84 Å². The summed E-state index contributed by atoms with van der Waals surface area (Å²) in [6.07, 6.45) is 3.19. The van der Waals surface area contributed by atoms with Crippen LogP contribution in [0.1, 0.15) is 37.6 Å². The minimum Gasteiger partial charge on any atom is -0.481 e. The van der Waals surface area contributed by atoms with Crippen molar-refractivity contribution in [1.82, 2.24) is 14.4 Å². The van der Waals surface area contributed by atoms with E-state index in [4.69, 9.17) is 16.6 Å². The summed E-state index contributed by atoms with van der Waals surface area (Å²) in [4.78, 5) is 21.1. The molecule has 2 aliphatic rings. The number of aliphatic carboxylic acids is 1. The van der Waals surface area contributed by atoms with Crippen molar-refractivity contribution in [3.05, 3.63) is 52.3 Å². The Balaban J connectivity index is 1.60. The molecule has 0 radical (unpaired) electrons. The second kappa shape index (κ2) is 8.08. The standard InChI is InChI=1S/C23H29ClN4O2/c1-4-16-11-20-21(25-19-6-5-18(24)12-17(19)14-28(20)13-16)27-9-7-26(8-10-27)15-23(2,3)22(29)30/h5-6,11-13H,4,7-10,14-15H2,1-3H3,(H,29,30). The third-order valence-corrected chi connectivity index (χ3v) is 6.30. The van der Waals surface area contributed by atoms with Crippen molar-refractivity contribution in [1.29, 1.82) is 0 Å². The molecule has 0 amide bonds. The molecule has 160 valence electrons. The summed E-state index contributed by atoms with van der Waals surface area (Å²) in [5.74, 6) is 0.242. The Morgan fingerprint density at radius 3 is 2.60 bits per heavy atom. The van der Waals surface area contributed by atoms with Gasteiger partial charge in [0.1, 0.15) is 0 Å². The van der Waals surface area contributed by atoms with E-state index in [1.54, 1.807) is 13.8 Å². The Hall–Kier alpha value is -2.31. The minimum atomic E-state index is -0.752. The molecule has 1 saturated heterocycles. The van der Waals surface area contributed by atoms with Crippen LogP contribution < -0.4 is 0 Å². The molecule has 3 heterocycles. The first kappa shape index (κ1) is 20.9. The lowest BCUT2D eigenvalue weighted by Crippen LogP contribution is -2.52. The summed E-state index contributed by atoms with van der Waals surface area (Å²) in [6, 6.07) is 8.14. The normalized spacial score (nSPS) is 17.2. The lowest BCUT2D eigenvalue weighted by atomic mass is 9.93. The molecule has 2 aromatic rings. The molecule has 1 fully saturated rings. The molecule has 6 nitrogen and oxygen atoms in total.